The molecule has 0 aliphatic rings. The second-order valence-electron chi connectivity index (χ2n) is 4.29. The zero-order valence-corrected chi connectivity index (χ0v) is 12.9. The van der Waals surface area contributed by atoms with Crippen molar-refractivity contribution in [1.82, 2.24) is 5.32 Å². The van der Waals surface area contributed by atoms with Gasteiger partial charge in [0.05, 0.1) is 13.2 Å². The minimum atomic E-state index is -0.549. The number of ether oxygens (including phenoxy) is 2. The topological polar surface area (TPSA) is 47.6 Å². The highest BCUT2D eigenvalue weighted by atomic mass is 32.2. The van der Waals surface area contributed by atoms with Gasteiger partial charge in [-0.3, -0.25) is 4.79 Å². The van der Waals surface area contributed by atoms with Crippen LogP contribution in [0.2, 0.25) is 0 Å². The van der Waals surface area contributed by atoms with Crippen molar-refractivity contribution in [3.63, 3.8) is 0 Å². The van der Waals surface area contributed by atoms with Crippen molar-refractivity contribution in [1.29, 1.82) is 0 Å². The summed E-state index contributed by atoms with van der Waals surface area (Å²) < 4.78 is 10.1. The number of rotatable bonds is 11. The summed E-state index contributed by atoms with van der Waals surface area (Å²) in [5.74, 6) is 1.91. The number of carbonyl (C=O) groups excluding carboxylic acids is 1. The van der Waals surface area contributed by atoms with E-state index < -0.39 is 5.54 Å². The summed E-state index contributed by atoms with van der Waals surface area (Å²) in [5.41, 5.74) is -0.549. The summed E-state index contributed by atoms with van der Waals surface area (Å²) in [6.07, 6.45) is 1.80. The van der Waals surface area contributed by atoms with E-state index in [1.54, 1.807) is 7.11 Å². The molecule has 0 aliphatic carbocycles. The molecule has 0 aromatic carbocycles. The molecule has 0 rings (SSSR count). The van der Waals surface area contributed by atoms with E-state index in [4.69, 9.17) is 9.47 Å². The van der Waals surface area contributed by atoms with E-state index in [9.17, 15) is 4.79 Å². The van der Waals surface area contributed by atoms with E-state index in [-0.39, 0.29) is 5.97 Å². The Morgan fingerprint density at radius 1 is 1.33 bits per heavy atom. The van der Waals surface area contributed by atoms with Crippen LogP contribution < -0.4 is 5.32 Å². The van der Waals surface area contributed by atoms with Crippen LogP contribution in [-0.2, 0) is 14.3 Å². The van der Waals surface area contributed by atoms with Crippen molar-refractivity contribution < 1.29 is 14.3 Å². The predicted molar refractivity (Wildman–Crippen MR) is 77.1 cm³/mol. The van der Waals surface area contributed by atoms with Gasteiger partial charge in [-0.15, -0.1) is 0 Å². The van der Waals surface area contributed by atoms with Crippen molar-refractivity contribution >= 4 is 17.7 Å². The maximum atomic E-state index is 11.9. The van der Waals surface area contributed by atoms with E-state index in [1.165, 1.54) is 0 Å². The van der Waals surface area contributed by atoms with E-state index in [0.29, 0.717) is 6.61 Å². The Kier molecular flexibility index (Phi) is 10.5. The summed E-state index contributed by atoms with van der Waals surface area (Å²) in [7, 11) is 1.71. The Balaban J connectivity index is 3.98. The fraction of sp³-hybridized carbons (Fsp3) is 0.923. The predicted octanol–water partition coefficient (Wildman–Crippen LogP) is 2.08. The maximum absolute atomic E-state index is 11.9. The summed E-state index contributed by atoms with van der Waals surface area (Å²) in [4.78, 5) is 11.9. The molecule has 0 aliphatic heterocycles. The molecule has 0 spiro atoms. The first kappa shape index (κ1) is 17.7. The van der Waals surface area contributed by atoms with Gasteiger partial charge in [0.25, 0.3) is 0 Å². The molecule has 0 aromatic rings. The van der Waals surface area contributed by atoms with Crippen LogP contribution in [0.3, 0.4) is 0 Å². The smallest absolute Gasteiger partial charge is 0.326 e. The van der Waals surface area contributed by atoms with Crippen molar-refractivity contribution in [2.45, 2.75) is 39.2 Å². The van der Waals surface area contributed by atoms with Gasteiger partial charge in [-0.2, -0.15) is 11.8 Å². The second-order valence-corrected chi connectivity index (χ2v) is 5.52. The lowest BCUT2D eigenvalue weighted by Crippen LogP contribution is -2.50. The third kappa shape index (κ3) is 7.24. The molecule has 0 saturated carbocycles. The van der Waals surface area contributed by atoms with Gasteiger partial charge in [-0.05, 0) is 39.0 Å². The Morgan fingerprint density at radius 2 is 2.06 bits per heavy atom. The first-order valence-corrected chi connectivity index (χ1v) is 7.75. The van der Waals surface area contributed by atoms with E-state index in [2.05, 4.69) is 5.32 Å². The molecule has 1 N–H and O–H groups in total. The molecule has 0 amide bonds. The Morgan fingerprint density at radius 3 is 2.61 bits per heavy atom. The summed E-state index contributed by atoms with van der Waals surface area (Å²) in [6, 6.07) is 0. The molecule has 0 aromatic heterocycles. The Hall–Kier alpha value is -0.260. The van der Waals surface area contributed by atoms with Crippen LogP contribution in [0.1, 0.15) is 33.6 Å². The average Bonchev–Trinajstić information content (AvgIpc) is 2.34. The number of likely N-dealkylation sites (N-methyl/N-ethyl adjacent to an activating group) is 1. The first-order valence-electron chi connectivity index (χ1n) is 6.59. The molecule has 0 radical (unpaired) electrons. The molecule has 1 unspecified atom stereocenters. The number of hydrogen-bond acceptors (Lipinski definition) is 5. The number of nitrogens with one attached hydrogen (secondary N) is 1. The van der Waals surface area contributed by atoms with Crippen LogP contribution in [0.25, 0.3) is 0 Å². The van der Waals surface area contributed by atoms with Gasteiger partial charge in [-0.1, -0.05) is 6.92 Å². The highest BCUT2D eigenvalue weighted by molar-refractivity contribution is 7.99. The van der Waals surface area contributed by atoms with Crippen LogP contribution in [0.4, 0.5) is 0 Å². The fourth-order valence-corrected chi connectivity index (χ4v) is 2.55. The molecular weight excluding hydrogens is 250 g/mol. The molecule has 108 valence electrons. The fourth-order valence-electron chi connectivity index (χ4n) is 1.72. The number of methoxy groups -OCH3 is 1. The highest BCUT2D eigenvalue weighted by Crippen LogP contribution is 2.17. The zero-order valence-electron chi connectivity index (χ0n) is 12.1. The zero-order chi connectivity index (χ0) is 13.9. The van der Waals surface area contributed by atoms with Crippen LogP contribution in [0.15, 0.2) is 0 Å². The van der Waals surface area contributed by atoms with Crippen LogP contribution >= 0.6 is 11.8 Å². The second kappa shape index (κ2) is 10.6. The van der Waals surface area contributed by atoms with Crippen LogP contribution in [0, 0.1) is 0 Å². The molecule has 5 heteroatoms. The number of hydrogen-bond donors (Lipinski definition) is 1. The minimum Gasteiger partial charge on any atom is -0.465 e. The molecule has 18 heavy (non-hydrogen) atoms. The van der Waals surface area contributed by atoms with Crippen molar-refractivity contribution in [3.8, 4) is 0 Å². The van der Waals surface area contributed by atoms with Gasteiger partial charge in [0.15, 0.2) is 0 Å². The lowest BCUT2D eigenvalue weighted by molar-refractivity contribution is -0.150. The normalized spacial score (nSPS) is 14.2. The molecule has 0 fully saturated rings. The van der Waals surface area contributed by atoms with Gasteiger partial charge >= 0.3 is 5.97 Å². The Labute approximate surface area is 115 Å². The monoisotopic (exact) mass is 277 g/mol. The number of carbonyl (C=O) groups is 1. The summed E-state index contributed by atoms with van der Waals surface area (Å²) in [6.45, 7) is 7.76. The third-order valence-corrected chi connectivity index (χ3v) is 3.72. The lowest BCUT2D eigenvalue weighted by Gasteiger charge is -2.28. The molecule has 0 bridgehead atoms. The first-order chi connectivity index (χ1) is 8.60. The Bertz CT molecular complexity index is 226. The van der Waals surface area contributed by atoms with Crippen molar-refractivity contribution in [2.24, 2.45) is 0 Å². The molecular formula is C13H27NO3S. The lowest BCUT2D eigenvalue weighted by atomic mass is 9.96. The van der Waals surface area contributed by atoms with Gasteiger partial charge in [0, 0.05) is 12.9 Å². The largest absolute Gasteiger partial charge is 0.465 e. The molecule has 0 heterocycles. The average molecular weight is 277 g/mol. The van der Waals surface area contributed by atoms with Gasteiger partial charge < -0.3 is 14.8 Å². The van der Waals surface area contributed by atoms with Crippen LogP contribution in [-0.4, -0.2) is 49.9 Å². The van der Waals surface area contributed by atoms with Gasteiger partial charge in [-0.25, -0.2) is 0 Å². The number of thioether (sulfide) groups is 1. The molecule has 0 saturated heterocycles. The van der Waals surface area contributed by atoms with E-state index in [0.717, 1.165) is 37.5 Å². The summed E-state index contributed by atoms with van der Waals surface area (Å²) in [5, 5.41) is 3.24. The SMILES string of the molecule is CCNC(C)(CCCSCCOC)C(=O)OCC. The van der Waals surface area contributed by atoms with E-state index >= 15 is 0 Å². The standard InChI is InChI=1S/C13H27NO3S/c1-5-14-13(3,12(15)17-6-2)8-7-10-18-11-9-16-4/h14H,5-11H2,1-4H3. The summed E-state index contributed by atoms with van der Waals surface area (Å²) >= 11 is 1.86. The van der Waals surface area contributed by atoms with Gasteiger partial charge in [0.2, 0.25) is 0 Å². The van der Waals surface area contributed by atoms with Gasteiger partial charge in [0.1, 0.15) is 5.54 Å². The number of esters is 1. The van der Waals surface area contributed by atoms with Crippen molar-refractivity contribution in [2.75, 3.05) is 38.4 Å². The third-order valence-electron chi connectivity index (χ3n) is 2.69. The van der Waals surface area contributed by atoms with E-state index in [1.807, 2.05) is 32.5 Å². The highest BCUT2D eigenvalue weighted by Gasteiger charge is 2.32. The molecule has 1 atom stereocenters. The quantitative estimate of drug-likeness (QED) is 0.463. The van der Waals surface area contributed by atoms with Crippen molar-refractivity contribution in [3.05, 3.63) is 0 Å². The van der Waals surface area contributed by atoms with Crippen LogP contribution in [0.5, 0.6) is 0 Å². The minimum absolute atomic E-state index is 0.145. The molecule has 4 nitrogen and oxygen atoms in total. The maximum Gasteiger partial charge on any atom is 0.326 e.